The van der Waals surface area contributed by atoms with Gasteiger partial charge in [0.25, 0.3) is 0 Å². The fourth-order valence-corrected chi connectivity index (χ4v) is 1.29. The summed E-state index contributed by atoms with van der Waals surface area (Å²) in [5, 5.41) is 0. The predicted octanol–water partition coefficient (Wildman–Crippen LogP) is 2.31. The fraction of sp³-hybridized carbons (Fsp3) is 0.273. The van der Waals surface area contributed by atoms with Gasteiger partial charge in [0.05, 0.1) is 0 Å². The zero-order valence-electron chi connectivity index (χ0n) is 7.24. The summed E-state index contributed by atoms with van der Waals surface area (Å²) in [5.74, 6) is 0.434. The van der Waals surface area contributed by atoms with E-state index < -0.39 is 0 Å². The molecule has 0 saturated carbocycles. The number of benzene rings is 1. The van der Waals surface area contributed by atoms with Gasteiger partial charge in [0.2, 0.25) is 0 Å². The molecule has 0 bridgehead atoms. The molecule has 1 aromatic carbocycles. The van der Waals surface area contributed by atoms with Crippen molar-refractivity contribution in [2.24, 2.45) is 5.73 Å². The molecule has 0 radical (unpaired) electrons. The van der Waals surface area contributed by atoms with Gasteiger partial charge in [-0.2, -0.15) is 0 Å². The van der Waals surface area contributed by atoms with Gasteiger partial charge in [-0.05, 0) is 24.4 Å². The first kappa shape index (κ1) is 9.01. The lowest BCUT2D eigenvalue weighted by atomic mass is 9.96. The summed E-state index contributed by atoms with van der Waals surface area (Å²) in [6.45, 7) is 4.41. The van der Waals surface area contributed by atoms with E-state index in [1.807, 2.05) is 24.3 Å². The van der Waals surface area contributed by atoms with Crippen LogP contribution in [0, 0.1) is 0 Å². The molecule has 0 amide bonds. The van der Waals surface area contributed by atoms with Gasteiger partial charge >= 0.3 is 0 Å². The van der Waals surface area contributed by atoms with Crippen LogP contribution in [-0.4, -0.2) is 6.54 Å². The third-order valence-corrected chi connectivity index (χ3v) is 2.01. The average molecular weight is 161 g/mol. The summed E-state index contributed by atoms with van der Waals surface area (Å²) in [6.07, 6.45) is 2.88. The van der Waals surface area contributed by atoms with E-state index >= 15 is 0 Å². The molecule has 0 aromatic heterocycles. The minimum Gasteiger partial charge on any atom is -0.330 e. The monoisotopic (exact) mass is 161 g/mol. The molecule has 0 spiro atoms. The van der Waals surface area contributed by atoms with Crippen LogP contribution in [0.15, 0.2) is 43.0 Å². The Morgan fingerprint density at radius 3 is 2.50 bits per heavy atom. The van der Waals surface area contributed by atoms with E-state index in [1.54, 1.807) is 0 Å². The van der Waals surface area contributed by atoms with E-state index in [2.05, 4.69) is 18.7 Å². The van der Waals surface area contributed by atoms with Crippen LogP contribution >= 0.6 is 0 Å². The highest BCUT2D eigenvalue weighted by atomic mass is 14.5. The van der Waals surface area contributed by atoms with Crippen LogP contribution < -0.4 is 5.73 Å². The third-order valence-electron chi connectivity index (χ3n) is 2.01. The molecule has 1 aromatic rings. The summed E-state index contributed by atoms with van der Waals surface area (Å²) in [7, 11) is 0. The Morgan fingerprint density at radius 2 is 2.00 bits per heavy atom. The lowest BCUT2D eigenvalue weighted by Crippen LogP contribution is -2.11. The van der Waals surface area contributed by atoms with Crippen molar-refractivity contribution in [2.75, 3.05) is 6.54 Å². The second kappa shape index (κ2) is 4.73. The highest BCUT2D eigenvalue weighted by Crippen LogP contribution is 2.17. The van der Waals surface area contributed by atoms with E-state index in [0.29, 0.717) is 12.5 Å². The average Bonchev–Trinajstić information content (AvgIpc) is 2.15. The van der Waals surface area contributed by atoms with Gasteiger partial charge in [-0.15, -0.1) is 6.58 Å². The molecule has 1 heteroatoms. The zero-order valence-corrected chi connectivity index (χ0v) is 7.24. The van der Waals surface area contributed by atoms with Crippen LogP contribution in [0.4, 0.5) is 0 Å². The Hall–Kier alpha value is -1.08. The molecule has 1 atom stereocenters. The maximum atomic E-state index is 5.64. The number of hydrogen-bond acceptors (Lipinski definition) is 1. The SMILES string of the molecule is C=CCC(CN)c1ccccc1. The van der Waals surface area contributed by atoms with Crippen molar-refractivity contribution in [2.45, 2.75) is 12.3 Å². The molecule has 12 heavy (non-hydrogen) atoms. The van der Waals surface area contributed by atoms with Gasteiger partial charge in [-0.25, -0.2) is 0 Å². The van der Waals surface area contributed by atoms with Crippen LogP contribution in [-0.2, 0) is 0 Å². The Morgan fingerprint density at radius 1 is 1.33 bits per heavy atom. The second-order valence-electron chi connectivity index (χ2n) is 2.87. The minimum absolute atomic E-state index is 0.434. The Balaban J connectivity index is 2.72. The summed E-state index contributed by atoms with van der Waals surface area (Å²) >= 11 is 0. The van der Waals surface area contributed by atoms with Crippen molar-refractivity contribution < 1.29 is 0 Å². The minimum atomic E-state index is 0.434. The Bertz CT molecular complexity index is 228. The van der Waals surface area contributed by atoms with Crippen LogP contribution in [0.3, 0.4) is 0 Å². The molecule has 64 valence electrons. The summed E-state index contributed by atoms with van der Waals surface area (Å²) in [6, 6.07) is 10.3. The first-order valence-corrected chi connectivity index (χ1v) is 4.24. The molecule has 1 nitrogen and oxygen atoms in total. The van der Waals surface area contributed by atoms with Crippen molar-refractivity contribution >= 4 is 0 Å². The fourth-order valence-electron chi connectivity index (χ4n) is 1.29. The predicted molar refractivity (Wildman–Crippen MR) is 53.1 cm³/mol. The van der Waals surface area contributed by atoms with Gasteiger partial charge in [0.1, 0.15) is 0 Å². The third kappa shape index (κ3) is 2.21. The lowest BCUT2D eigenvalue weighted by molar-refractivity contribution is 0.711. The largest absolute Gasteiger partial charge is 0.330 e. The highest BCUT2D eigenvalue weighted by molar-refractivity contribution is 5.20. The number of hydrogen-bond donors (Lipinski definition) is 1. The van der Waals surface area contributed by atoms with E-state index in [9.17, 15) is 0 Å². The first-order chi connectivity index (χ1) is 5.88. The molecular formula is C11H15N. The molecule has 2 N–H and O–H groups in total. The number of rotatable bonds is 4. The molecular weight excluding hydrogens is 146 g/mol. The zero-order chi connectivity index (χ0) is 8.81. The maximum Gasteiger partial charge on any atom is -0.000443 e. The van der Waals surface area contributed by atoms with E-state index in [1.165, 1.54) is 5.56 Å². The van der Waals surface area contributed by atoms with Crippen LogP contribution in [0.25, 0.3) is 0 Å². The first-order valence-electron chi connectivity index (χ1n) is 4.24. The summed E-state index contributed by atoms with van der Waals surface area (Å²) in [4.78, 5) is 0. The van der Waals surface area contributed by atoms with Crippen molar-refractivity contribution in [3.63, 3.8) is 0 Å². The second-order valence-corrected chi connectivity index (χ2v) is 2.87. The van der Waals surface area contributed by atoms with Gasteiger partial charge in [-0.1, -0.05) is 36.4 Å². The molecule has 0 heterocycles. The van der Waals surface area contributed by atoms with Crippen LogP contribution in [0.1, 0.15) is 17.9 Å². The Kier molecular flexibility index (Phi) is 3.55. The normalized spacial score (nSPS) is 12.4. The molecule has 0 saturated heterocycles. The van der Waals surface area contributed by atoms with Gasteiger partial charge < -0.3 is 5.73 Å². The molecule has 0 fully saturated rings. The smallest absolute Gasteiger partial charge is 0.000443 e. The van der Waals surface area contributed by atoms with Crippen molar-refractivity contribution in [3.8, 4) is 0 Å². The van der Waals surface area contributed by atoms with Crippen molar-refractivity contribution in [1.82, 2.24) is 0 Å². The quantitative estimate of drug-likeness (QED) is 0.674. The highest BCUT2D eigenvalue weighted by Gasteiger charge is 2.05. The van der Waals surface area contributed by atoms with Gasteiger partial charge in [0.15, 0.2) is 0 Å². The number of nitrogens with two attached hydrogens (primary N) is 1. The molecule has 0 aliphatic heterocycles. The van der Waals surface area contributed by atoms with E-state index in [0.717, 1.165) is 6.42 Å². The Labute approximate surface area is 73.9 Å². The van der Waals surface area contributed by atoms with Crippen molar-refractivity contribution in [1.29, 1.82) is 0 Å². The summed E-state index contributed by atoms with van der Waals surface area (Å²) < 4.78 is 0. The van der Waals surface area contributed by atoms with Crippen LogP contribution in [0.5, 0.6) is 0 Å². The lowest BCUT2D eigenvalue weighted by Gasteiger charge is -2.11. The molecule has 1 rings (SSSR count). The van der Waals surface area contributed by atoms with Gasteiger partial charge in [-0.3, -0.25) is 0 Å². The standard InChI is InChI=1S/C11H15N/c1-2-6-11(9-12)10-7-4-3-5-8-10/h2-5,7-8,11H,1,6,9,12H2. The van der Waals surface area contributed by atoms with E-state index in [-0.39, 0.29) is 0 Å². The topological polar surface area (TPSA) is 26.0 Å². The molecule has 0 aliphatic rings. The number of allylic oxidation sites excluding steroid dienone is 1. The molecule has 1 unspecified atom stereocenters. The van der Waals surface area contributed by atoms with Crippen molar-refractivity contribution in [3.05, 3.63) is 48.6 Å². The molecule has 0 aliphatic carbocycles. The van der Waals surface area contributed by atoms with E-state index in [4.69, 9.17) is 5.73 Å². The van der Waals surface area contributed by atoms with Crippen LogP contribution in [0.2, 0.25) is 0 Å². The summed E-state index contributed by atoms with van der Waals surface area (Å²) in [5.41, 5.74) is 6.95. The van der Waals surface area contributed by atoms with Gasteiger partial charge in [0, 0.05) is 0 Å². The maximum absolute atomic E-state index is 5.64.